The Labute approximate surface area is 165 Å². The molecule has 0 aliphatic heterocycles. The lowest BCUT2D eigenvalue weighted by molar-refractivity contribution is -0.123. The van der Waals surface area contributed by atoms with E-state index in [0.29, 0.717) is 29.7 Å². The third kappa shape index (κ3) is 6.72. The van der Waals surface area contributed by atoms with E-state index in [2.05, 4.69) is 29.6 Å². The van der Waals surface area contributed by atoms with Crippen LogP contribution >= 0.6 is 0 Å². The lowest BCUT2D eigenvalue weighted by Crippen LogP contribution is -2.27. The number of carbonyl (C=O) groups excluding carboxylic acids is 2. The van der Waals surface area contributed by atoms with Crippen molar-refractivity contribution < 1.29 is 18.8 Å². The van der Waals surface area contributed by atoms with Crippen molar-refractivity contribution >= 4 is 17.5 Å². The Hall–Kier alpha value is -2.83. The van der Waals surface area contributed by atoms with Crippen molar-refractivity contribution in [1.29, 1.82) is 0 Å². The second-order valence-corrected chi connectivity index (χ2v) is 8.13. The lowest BCUT2D eigenvalue weighted by atomic mass is 9.95. The van der Waals surface area contributed by atoms with E-state index in [0.717, 1.165) is 6.42 Å². The van der Waals surface area contributed by atoms with Gasteiger partial charge in [0.05, 0.1) is 0 Å². The Bertz CT molecular complexity index is 789. The Balaban J connectivity index is 1.83. The molecule has 152 valence electrons. The third-order valence-electron chi connectivity index (χ3n) is 3.97. The highest BCUT2D eigenvalue weighted by Crippen LogP contribution is 2.20. The summed E-state index contributed by atoms with van der Waals surface area (Å²) in [7, 11) is 0. The molecule has 28 heavy (non-hydrogen) atoms. The van der Waals surface area contributed by atoms with Gasteiger partial charge in [0.1, 0.15) is 12.4 Å². The van der Waals surface area contributed by atoms with Gasteiger partial charge in [0.15, 0.2) is 11.5 Å². The van der Waals surface area contributed by atoms with Gasteiger partial charge in [-0.25, -0.2) is 0 Å². The number of anilines is 1. The highest BCUT2D eigenvalue weighted by atomic mass is 16.5. The average molecular weight is 387 g/mol. The third-order valence-corrected chi connectivity index (χ3v) is 3.97. The standard InChI is InChI=1S/C21H29N3O4/c1-14(2)10-11-22-19(25)18-12-17(28-24-18)13-27-16-8-6-15(7-9-16)23-20(26)21(3,4)5/h6-9,12,14H,10-11,13H2,1-5H3,(H,22,25)(H,23,26). The number of amides is 2. The summed E-state index contributed by atoms with van der Waals surface area (Å²) in [6.07, 6.45) is 0.908. The summed E-state index contributed by atoms with van der Waals surface area (Å²) in [6, 6.07) is 8.63. The van der Waals surface area contributed by atoms with Crippen LogP contribution in [0.3, 0.4) is 0 Å². The fourth-order valence-electron chi connectivity index (χ4n) is 2.16. The number of ether oxygens (including phenoxy) is 1. The van der Waals surface area contributed by atoms with E-state index in [1.54, 1.807) is 30.3 Å². The van der Waals surface area contributed by atoms with E-state index in [-0.39, 0.29) is 24.1 Å². The molecule has 1 aromatic carbocycles. The normalized spacial score (nSPS) is 11.4. The molecule has 7 heteroatoms. The predicted octanol–water partition coefficient (Wildman–Crippen LogP) is 4.01. The van der Waals surface area contributed by atoms with Crippen LogP contribution in [-0.4, -0.2) is 23.5 Å². The van der Waals surface area contributed by atoms with Gasteiger partial charge in [-0.3, -0.25) is 9.59 Å². The van der Waals surface area contributed by atoms with E-state index in [4.69, 9.17) is 9.26 Å². The summed E-state index contributed by atoms with van der Waals surface area (Å²) in [6.45, 7) is 10.5. The summed E-state index contributed by atoms with van der Waals surface area (Å²) in [4.78, 5) is 24.0. The number of hydrogen-bond donors (Lipinski definition) is 2. The van der Waals surface area contributed by atoms with Crippen molar-refractivity contribution in [1.82, 2.24) is 10.5 Å². The molecule has 0 fully saturated rings. The smallest absolute Gasteiger partial charge is 0.273 e. The SMILES string of the molecule is CC(C)CCNC(=O)c1cc(COc2ccc(NC(=O)C(C)(C)C)cc2)on1. The first-order valence-electron chi connectivity index (χ1n) is 9.43. The van der Waals surface area contributed by atoms with Crippen molar-refractivity contribution in [3.63, 3.8) is 0 Å². The van der Waals surface area contributed by atoms with E-state index in [1.165, 1.54) is 0 Å². The molecule has 2 amide bonds. The molecule has 0 spiro atoms. The van der Waals surface area contributed by atoms with E-state index >= 15 is 0 Å². The minimum Gasteiger partial charge on any atom is -0.486 e. The van der Waals surface area contributed by atoms with Crippen molar-refractivity contribution in [2.24, 2.45) is 11.3 Å². The average Bonchev–Trinajstić information content (AvgIpc) is 3.09. The maximum absolute atomic E-state index is 12.0. The number of benzene rings is 1. The maximum Gasteiger partial charge on any atom is 0.273 e. The summed E-state index contributed by atoms with van der Waals surface area (Å²) in [5.74, 6) is 1.29. The number of hydrogen-bond acceptors (Lipinski definition) is 5. The van der Waals surface area contributed by atoms with Crippen LogP contribution in [0.25, 0.3) is 0 Å². The van der Waals surface area contributed by atoms with Crippen LogP contribution in [0.1, 0.15) is 57.3 Å². The second-order valence-electron chi connectivity index (χ2n) is 8.13. The molecular formula is C21H29N3O4. The first-order valence-corrected chi connectivity index (χ1v) is 9.43. The predicted molar refractivity (Wildman–Crippen MR) is 107 cm³/mol. The quantitative estimate of drug-likeness (QED) is 0.714. The highest BCUT2D eigenvalue weighted by molar-refractivity contribution is 5.94. The van der Waals surface area contributed by atoms with Crippen molar-refractivity contribution in [3.8, 4) is 5.75 Å². The Morgan fingerprint density at radius 1 is 1.18 bits per heavy atom. The van der Waals surface area contributed by atoms with Gasteiger partial charge in [0.25, 0.3) is 5.91 Å². The van der Waals surface area contributed by atoms with Gasteiger partial charge >= 0.3 is 0 Å². The van der Waals surface area contributed by atoms with Gasteiger partial charge in [0, 0.05) is 23.7 Å². The molecule has 7 nitrogen and oxygen atoms in total. The lowest BCUT2D eigenvalue weighted by Gasteiger charge is -2.17. The van der Waals surface area contributed by atoms with E-state index < -0.39 is 5.41 Å². The Morgan fingerprint density at radius 3 is 2.46 bits per heavy atom. The van der Waals surface area contributed by atoms with Crippen LogP contribution in [0.4, 0.5) is 5.69 Å². The largest absolute Gasteiger partial charge is 0.486 e. The van der Waals surface area contributed by atoms with Crippen LogP contribution in [0.15, 0.2) is 34.9 Å². The fourth-order valence-corrected chi connectivity index (χ4v) is 2.16. The van der Waals surface area contributed by atoms with Gasteiger partial charge in [0.2, 0.25) is 5.91 Å². The molecular weight excluding hydrogens is 358 g/mol. The van der Waals surface area contributed by atoms with Crippen LogP contribution in [0, 0.1) is 11.3 Å². The highest BCUT2D eigenvalue weighted by Gasteiger charge is 2.21. The van der Waals surface area contributed by atoms with Gasteiger partial charge in [-0.2, -0.15) is 0 Å². The van der Waals surface area contributed by atoms with Gasteiger partial charge in [-0.1, -0.05) is 39.8 Å². The molecule has 0 radical (unpaired) electrons. The van der Waals surface area contributed by atoms with E-state index in [1.807, 2.05) is 20.8 Å². The Kier molecular flexibility index (Phi) is 7.20. The summed E-state index contributed by atoms with van der Waals surface area (Å²) < 4.78 is 10.8. The monoisotopic (exact) mass is 387 g/mol. The molecule has 2 N–H and O–H groups in total. The van der Waals surface area contributed by atoms with Gasteiger partial charge < -0.3 is 19.9 Å². The number of aromatic nitrogens is 1. The minimum atomic E-state index is -0.458. The molecule has 0 bridgehead atoms. The molecule has 0 unspecified atom stereocenters. The zero-order valence-electron chi connectivity index (χ0n) is 17.2. The second kappa shape index (κ2) is 9.39. The molecule has 0 saturated carbocycles. The van der Waals surface area contributed by atoms with Crippen LogP contribution in [-0.2, 0) is 11.4 Å². The summed E-state index contributed by atoms with van der Waals surface area (Å²) in [5, 5.41) is 9.45. The van der Waals surface area contributed by atoms with Crippen LogP contribution in [0.2, 0.25) is 0 Å². The van der Waals surface area contributed by atoms with Crippen LogP contribution < -0.4 is 15.4 Å². The number of carbonyl (C=O) groups is 2. The van der Waals surface area contributed by atoms with Crippen molar-refractivity contribution in [2.75, 3.05) is 11.9 Å². The van der Waals surface area contributed by atoms with Crippen molar-refractivity contribution in [2.45, 2.75) is 47.6 Å². The first-order chi connectivity index (χ1) is 13.1. The van der Waals surface area contributed by atoms with Gasteiger partial charge in [-0.15, -0.1) is 0 Å². The van der Waals surface area contributed by atoms with Crippen LogP contribution in [0.5, 0.6) is 5.75 Å². The summed E-state index contributed by atoms with van der Waals surface area (Å²) >= 11 is 0. The molecule has 0 atom stereocenters. The zero-order chi connectivity index (χ0) is 20.7. The zero-order valence-corrected chi connectivity index (χ0v) is 17.2. The molecule has 1 aromatic heterocycles. The number of nitrogens with one attached hydrogen (secondary N) is 2. The maximum atomic E-state index is 12.0. The summed E-state index contributed by atoms with van der Waals surface area (Å²) in [5.41, 5.74) is 0.482. The van der Waals surface area contributed by atoms with Gasteiger partial charge in [-0.05, 0) is 36.6 Å². The van der Waals surface area contributed by atoms with E-state index in [9.17, 15) is 9.59 Å². The number of rotatable bonds is 8. The minimum absolute atomic E-state index is 0.0537. The number of nitrogens with zero attached hydrogens (tertiary/aromatic N) is 1. The molecule has 0 aliphatic carbocycles. The Morgan fingerprint density at radius 2 is 1.86 bits per heavy atom. The first kappa shape index (κ1) is 21.5. The fraction of sp³-hybridized carbons (Fsp3) is 0.476. The molecule has 0 aliphatic rings. The topological polar surface area (TPSA) is 93.5 Å². The molecule has 2 aromatic rings. The molecule has 1 heterocycles. The molecule has 2 rings (SSSR count). The molecule has 0 saturated heterocycles. The van der Waals surface area contributed by atoms with Crippen molar-refractivity contribution in [3.05, 3.63) is 41.8 Å².